The maximum atomic E-state index is 13.5. The second-order valence-corrected chi connectivity index (χ2v) is 8.56. The fraction of sp³-hybridized carbons (Fsp3) is 0.130. The van der Waals surface area contributed by atoms with Crippen molar-refractivity contribution in [3.05, 3.63) is 81.8 Å². The molecule has 4 aromatic rings. The van der Waals surface area contributed by atoms with Gasteiger partial charge in [-0.15, -0.1) is 0 Å². The fourth-order valence-electron chi connectivity index (χ4n) is 3.63. The molecule has 0 atom stereocenters. The van der Waals surface area contributed by atoms with Gasteiger partial charge in [0, 0.05) is 18.0 Å². The Hall–Kier alpha value is -3.85. The Morgan fingerprint density at radius 1 is 1.06 bits per heavy atom. The molecule has 11 heteroatoms. The SMILES string of the molecule is COc1nccc(/C=C/c2nc3cnccc3c(=O)n2-c2c(C)cccc2C)c1OP(=O)(O)O. The zero-order valence-corrected chi connectivity index (χ0v) is 19.4. The van der Waals surface area contributed by atoms with Crippen molar-refractivity contribution >= 4 is 30.9 Å². The Morgan fingerprint density at radius 2 is 1.79 bits per heavy atom. The van der Waals surface area contributed by atoms with Gasteiger partial charge in [-0.1, -0.05) is 18.2 Å². The summed E-state index contributed by atoms with van der Waals surface area (Å²) in [6.45, 7) is 3.80. The third kappa shape index (κ3) is 4.60. The van der Waals surface area contributed by atoms with Crippen LogP contribution in [0.1, 0.15) is 22.5 Å². The van der Waals surface area contributed by atoms with Gasteiger partial charge in [0.25, 0.3) is 11.4 Å². The van der Waals surface area contributed by atoms with Gasteiger partial charge in [-0.3, -0.25) is 24.1 Å². The van der Waals surface area contributed by atoms with E-state index in [9.17, 15) is 19.1 Å². The third-order valence-corrected chi connectivity index (χ3v) is 5.50. The molecule has 174 valence electrons. The maximum absolute atomic E-state index is 13.5. The summed E-state index contributed by atoms with van der Waals surface area (Å²) in [5, 5.41) is 0.408. The van der Waals surface area contributed by atoms with Crippen molar-refractivity contribution in [3.8, 4) is 17.3 Å². The first-order chi connectivity index (χ1) is 16.2. The number of hydrogen-bond acceptors (Lipinski definition) is 7. The summed E-state index contributed by atoms with van der Waals surface area (Å²) < 4.78 is 22.9. The minimum absolute atomic E-state index is 0.103. The lowest BCUT2D eigenvalue weighted by molar-refractivity contribution is 0.274. The number of nitrogens with zero attached hydrogens (tertiary/aromatic N) is 4. The van der Waals surface area contributed by atoms with E-state index in [0.717, 1.165) is 11.1 Å². The van der Waals surface area contributed by atoms with E-state index in [1.54, 1.807) is 12.1 Å². The monoisotopic (exact) mass is 480 g/mol. The van der Waals surface area contributed by atoms with Crippen LogP contribution in [0.4, 0.5) is 0 Å². The molecule has 0 amide bonds. The number of para-hydroxylation sites is 1. The first-order valence-corrected chi connectivity index (χ1v) is 11.6. The van der Waals surface area contributed by atoms with Crippen LogP contribution >= 0.6 is 7.82 Å². The first-order valence-electron chi connectivity index (χ1n) is 10.1. The van der Waals surface area contributed by atoms with Gasteiger partial charge >= 0.3 is 7.82 Å². The average Bonchev–Trinajstić information content (AvgIpc) is 2.79. The van der Waals surface area contributed by atoms with Crippen molar-refractivity contribution in [1.29, 1.82) is 0 Å². The number of phosphoric acid groups is 1. The Labute approximate surface area is 194 Å². The molecule has 2 N–H and O–H groups in total. The van der Waals surface area contributed by atoms with Crippen LogP contribution in [0.5, 0.6) is 11.6 Å². The normalized spacial score (nSPS) is 11.8. The Bertz CT molecular complexity index is 1510. The summed E-state index contributed by atoms with van der Waals surface area (Å²) in [7, 11) is -3.59. The smallest absolute Gasteiger partial charge is 0.478 e. The number of rotatable bonds is 6. The van der Waals surface area contributed by atoms with Crippen LogP contribution in [0.3, 0.4) is 0 Å². The summed E-state index contributed by atoms with van der Waals surface area (Å²) in [4.78, 5) is 44.8. The van der Waals surface area contributed by atoms with Crippen molar-refractivity contribution in [2.24, 2.45) is 0 Å². The quantitative estimate of drug-likeness (QED) is 0.398. The van der Waals surface area contributed by atoms with E-state index >= 15 is 0 Å². The van der Waals surface area contributed by atoms with E-state index in [2.05, 4.69) is 15.0 Å². The Balaban J connectivity index is 1.97. The van der Waals surface area contributed by atoms with Gasteiger partial charge in [-0.05, 0) is 49.3 Å². The van der Waals surface area contributed by atoms with E-state index in [-0.39, 0.29) is 22.8 Å². The van der Waals surface area contributed by atoms with Crippen LogP contribution < -0.4 is 14.8 Å². The summed E-state index contributed by atoms with van der Waals surface area (Å²) in [6.07, 6.45) is 7.51. The summed E-state index contributed by atoms with van der Waals surface area (Å²) in [5.74, 6) is -0.0490. The number of fused-ring (bicyclic) bond motifs is 1. The Kier molecular flexibility index (Phi) is 6.30. The Morgan fingerprint density at radius 3 is 2.47 bits per heavy atom. The summed E-state index contributed by atoms with van der Waals surface area (Å²) in [5.41, 5.74) is 2.85. The summed E-state index contributed by atoms with van der Waals surface area (Å²) >= 11 is 0. The topological polar surface area (TPSA) is 137 Å². The minimum atomic E-state index is -4.89. The van der Waals surface area contributed by atoms with Gasteiger partial charge in [-0.2, -0.15) is 0 Å². The molecular formula is C23H21N4O6P. The van der Waals surface area contributed by atoms with Crippen LogP contribution in [0.25, 0.3) is 28.7 Å². The molecule has 3 aromatic heterocycles. The number of benzene rings is 1. The molecular weight excluding hydrogens is 459 g/mol. The second-order valence-electron chi connectivity index (χ2n) is 7.40. The van der Waals surface area contributed by atoms with Crippen LogP contribution in [0.2, 0.25) is 0 Å². The fourth-order valence-corrected chi connectivity index (χ4v) is 4.06. The molecule has 0 fully saturated rings. The van der Waals surface area contributed by atoms with Crippen molar-refractivity contribution in [1.82, 2.24) is 19.5 Å². The van der Waals surface area contributed by atoms with Gasteiger partial charge < -0.3 is 9.26 Å². The van der Waals surface area contributed by atoms with Gasteiger partial charge in [0.1, 0.15) is 5.82 Å². The predicted octanol–water partition coefficient (Wildman–Crippen LogP) is 3.44. The third-order valence-electron chi connectivity index (χ3n) is 5.08. The van der Waals surface area contributed by atoms with Gasteiger partial charge in [0.15, 0.2) is 0 Å². The molecule has 4 rings (SSSR count). The lowest BCUT2D eigenvalue weighted by Gasteiger charge is -2.16. The highest BCUT2D eigenvalue weighted by Gasteiger charge is 2.22. The number of aromatic nitrogens is 4. The number of hydrogen-bond donors (Lipinski definition) is 2. The largest absolute Gasteiger partial charge is 0.525 e. The maximum Gasteiger partial charge on any atom is 0.525 e. The van der Waals surface area contributed by atoms with Crippen LogP contribution in [0, 0.1) is 13.8 Å². The first kappa shape index (κ1) is 23.3. The van der Waals surface area contributed by atoms with Gasteiger partial charge in [-0.25, -0.2) is 14.5 Å². The number of phosphoric ester groups is 1. The molecule has 34 heavy (non-hydrogen) atoms. The molecule has 0 radical (unpaired) electrons. The number of methoxy groups -OCH3 is 1. The standard InChI is InChI=1S/C23H21N4O6P/c1-14-5-4-6-15(2)20(14)27-19(26-18-13-24-11-10-17(18)23(27)28)8-7-16-9-12-25-22(32-3)21(16)33-34(29,30)31/h4-13H,1-3H3,(H2,29,30,31)/b8-7+. The van der Waals surface area contributed by atoms with E-state index < -0.39 is 7.82 Å². The zero-order chi connectivity index (χ0) is 24.5. The second kappa shape index (κ2) is 9.18. The van der Waals surface area contributed by atoms with E-state index in [1.807, 2.05) is 32.0 Å². The molecule has 10 nitrogen and oxygen atoms in total. The number of pyridine rings is 2. The zero-order valence-electron chi connectivity index (χ0n) is 18.5. The molecule has 0 bridgehead atoms. The van der Waals surface area contributed by atoms with Crippen LogP contribution in [-0.2, 0) is 4.57 Å². The molecule has 0 spiro atoms. The molecule has 0 unspecified atom stereocenters. The van der Waals surface area contributed by atoms with Crippen LogP contribution in [-0.4, -0.2) is 36.4 Å². The highest BCUT2D eigenvalue weighted by atomic mass is 31.2. The van der Waals surface area contributed by atoms with Crippen LogP contribution in [0.15, 0.2) is 53.7 Å². The molecule has 1 aromatic carbocycles. The van der Waals surface area contributed by atoms with Gasteiger partial charge in [0.05, 0.1) is 29.9 Å². The molecule has 0 aliphatic rings. The lowest BCUT2D eigenvalue weighted by atomic mass is 10.1. The van der Waals surface area contributed by atoms with Crippen molar-refractivity contribution in [2.75, 3.05) is 7.11 Å². The molecule has 3 heterocycles. The van der Waals surface area contributed by atoms with E-state index in [1.165, 1.54) is 42.4 Å². The van der Waals surface area contributed by atoms with Crippen molar-refractivity contribution in [2.45, 2.75) is 13.8 Å². The van der Waals surface area contributed by atoms with E-state index in [4.69, 9.17) is 9.26 Å². The molecule has 0 saturated carbocycles. The highest BCUT2D eigenvalue weighted by Crippen LogP contribution is 2.43. The summed E-state index contributed by atoms with van der Waals surface area (Å²) in [6, 6.07) is 8.82. The number of aryl methyl sites for hydroxylation is 2. The molecule has 0 aliphatic carbocycles. The van der Waals surface area contributed by atoms with Crippen molar-refractivity contribution < 1.29 is 23.6 Å². The molecule has 0 aliphatic heterocycles. The minimum Gasteiger partial charge on any atom is -0.478 e. The molecule has 0 saturated heterocycles. The predicted molar refractivity (Wildman–Crippen MR) is 127 cm³/mol. The number of ether oxygens (including phenoxy) is 1. The van der Waals surface area contributed by atoms with E-state index in [0.29, 0.717) is 22.4 Å². The lowest BCUT2D eigenvalue weighted by Crippen LogP contribution is -2.24. The van der Waals surface area contributed by atoms with Crippen molar-refractivity contribution in [3.63, 3.8) is 0 Å². The average molecular weight is 480 g/mol. The van der Waals surface area contributed by atoms with Gasteiger partial charge in [0.2, 0.25) is 5.75 Å². The highest BCUT2D eigenvalue weighted by molar-refractivity contribution is 7.46.